The summed E-state index contributed by atoms with van der Waals surface area (Å²) in [7, 11) is 0. The molecule has 0 radical (unpaired) electrons. The summed E-state index contributed by atoms with van der Waals surface area (Å²) in [6.45, 7) is 3.99. The fraction of sp³-hybridized carbons (Fsp3) is 0.167. The summed E-state index contributed by atoms with van der Waals surface area (Å²) >= 11 is 1.48. The molecule has 0 saturated carbocycles. The Morgan fingerprint density at radius 1 is 1.06 bits per heavy atom. The van der Waals surface area contributed by atoms with E-state index in [1.807, 2.05) is 32.0 Å². The van der Waals surface area contributed by atoms with E-state index < -0.39 is 0 Å². The van der Waals surface area contributed by atoms with Crippen molar-refractivity contribution >= 4 is 17.4 Å². The van der Waals surface area contributed by atoms with Crippen LogP contribution in [0.4, 0.5) is 5.69 Å². The van der Waals surface area contributed by atoms with Crippen molar-refractivity contribution in [2.24, 2.45) is 0 Å². The number of benzene rings is 1. The third-order valence-electron chi connectivity index (χ3n) is 2.12. The average molecular weight is 231 g/mol. The Balaban J connectivity index is 2.23. The normalized spacial score (nSPS) is 10.4. The number of nitrogen functional groups attached to an aromatic ring is 1. The molecular weight excluding hydrogens is 218 g/mol. The third kappa shape index (κ3) is 2.52. The first kappa shape index (κ1) is 11.0. The van der Waals surface area contributed by atoms with E-state index in [4.69, 9.17) is 5.73 Å². The molecular formula is C12H13N3S. The number of nitrogens with zero attached hydrogens (tertiary/aromatic N) is 2. The van der Waals surface area contributed by atoms with Gasteiger partial charge in [-0.15, -0.1) is 0 Å². The predicted molar refractivity (Wildman–Crippen MR) is 66.5 cm³/mol. The fourth-order valence-corrected chi connectivity index (χ4v) is 2.01. The second-order valence-electron chi connectivity index (χ2n) is 3.69. The third-order valence-corrected chi connectivity index (χ3v) is 3.11. The largest absolute Gasteiger partial charge is 0.398 e. The Morgan fingerprint density at radius 3 is 2.38 bits per heavy atom. The first-order valence-corrected chi connectivity index (χ1v) is 5.79. The molecule has 0 aliphatic carbocycles. The van der Waals surface area contributed by atoms with Crippen LogP contribution in [-0.2, 0) is 0 Å². The van der Waals surface area contributed by atoms with Crippen LogP contribution in [-0.4, -0.2) is 9.97 Å². The number of nitrogens with two attached hydrogens (primary N) is 1. The van der Waals surface area contributed by atoms with Crippen molar-refractivity contribution < 1.29 is 0 Å². The van der Waals surface area contributed by atoms with Gasteiger partial charge in [-0.2, -0.15) is 0 Å². The van der Waals surface area contributed by atoms with Gasteiger partial charge in [0.25, 0.3) is 0 Å². The van der Waals surface area contributed by atoms with Crippen LogP contribution >= 0.6 is 11.8 Å². The van der Waals surface area contributed by atoms with Gasteiger partial charge < -0.3 is 5.73 Å². The average Bonchev–Trinajstić information content (AvgIpc) is 2.25. The molecule has 0 aliphatic heterocycles. The molecule has 1 aromatic carbocycles. The lowest BCUT2D eigenvalue weighted by Gasteiger charge is -2.04. The lowest BCUT2D eigenvalue weighted by atomic mass is 10.2. The molecule has 16 heavy (non-hydrogen) atoms. The fourth-order valence-electron chi connectivity index (χ4n) is 1.29. The van der Waals surface area contributed by atoms with Crippen LogP contribution in [0.25, 0.3) is 0 Å². The van der Waals surface area contributed by atoms with Crippen molar-refractivity contribution in [3.05, 3.63) is 41.7 Å². The van der Waals surface area contributed by atoms with Gasteiger partial charge in [0.1, 0.15) is 0 Å². The lowest BCUT2D eigenvalue weighted by Crippen LogP contribution is -1.91. The molecule has 0 aliphatic rings. The van der Waals surface area contributed by atoms with E-state index in [-0.39, 0.29) is 0 Å². The van der Waals surface area contributed by atoms with Crippen LogP contribution in [0.3, 0.4) is 0 Å². The predicted octanol–water partition coefficient (Wildman–Crippen LogP) is 2.83. The van der Waals surface area contributed by atoms with E-state index in [1.165, 1.54) is 11.8 Å². The highest BCUT2D eigenvalue weighted by Crippen LogP contribution is 2.29. The Hall–Kier alpha value is -1.55. The number of aromatic nitrogens is 2. The molecule has 2 rings (SSSR count). The Morgan fingerprint density at radius 2 is 1.75 bits per heavy atom. The van der Waals surface area contributed by atoms with Gasteiger partial charge in [-0.3, -0.25) is 0 Å². The summed E-state index contributed by atoms with van der Waals surface area (Å²) in [5, 5.41) is 0.723. The Labute approximate surface area is 99.1 Å². The molecule has 2 aromatic rings. The van der Waals surface area contributed by atoms with Crippen LogP contribution in [0, 0.1) is 13.8 Å². The Bertz CT molecular complexity index is 494. The van der Waals surface area contributed by atoms with Crippen LogP contribution < -0.4 is 5.73 Å². The van der Waals surface area contributed by atoms with Crippen molar-refractivity contribution in [1.82, 2.24) is 9.97 Å². The molecule has 4 heteroatoms. The van der Waals surface area contributed by atoms with E-state index in [0.29, 0.717) is 0 Å². The SMILES string of the molecule is Cc1cnc(Sc2ccc(C)cc2N)nc1. The van der Waals surface area contributed by atoms with Crippen molar-refractivity contribution in [3.8, 4) is 0 Å². The van der Waals surface area contributed by atoms with Crippen LogP contribution in [0.15, 0.2) is 40.6 Å². The van der Waals surface area contributed by atoms with Crippen molar-refractivity contribution in [2.45, 2.75) is 23.9 Å². The van der Waals surface area contributed by atoms with E-state index in [9.17, 15) is 0 Å². The molecule has 82 valence electrons. The maximum atomic E-state index is 5.92. The summed E-state index contributed by atoms with van der Waals surface area (Å²) in [6.07, 6.45) is 3.61. The summed E-state index contributed by atoms with van der Waals surface area (Å²) in [5.74, 6) is 0. The molecule has 0 spiro atoms. The first-order chi connectivity index (χ1) is 7.65. The van der Waals surface area contributed by atoms with Gasteiger partial charge in [0, 0.05) is 23.0 Å². The van der Waals surface area contributed by atoms with E-state index in [0.717, 1.165) is 26.9 Å². The van der Waals surface area contributed by atoms with Crippen molar-refractivity contribution in [1.29, 1.82) is 0 Å². The number of hydrogen-bond donors (Lipinski definition) is 1. The van der Waals surface area contributed by atoms with E-state index >= 15 is 0 Å². The van der Waals surface area contributed by atoms with Gasteiger partial charge in [-0.25, -0.2) is 9.97 Å². The van der Waals surface area contributed by atoms with Gasteiger partial charge in [0.2, 0.25) is 0 Å². The summed E-state index contributed by atoms with van der Waals surface area (Å²) in [5.41, 5.74) is 8.91. The van der Waals surface area contributed by atoms with Crippen molar-refractivity contribution in [3.63, 3.8) is 0 Å². The molecule has 0 unspecified atom stereocenters. The molecule has 3 nitrogen and oxygen atoms in total. The molecule has 0 bridgehead atoms. The quantitative estimate of drug-likeness (QED) is 0.638. The van der Waals surface area contributed by atoms with Gasteiger partial charge >= 0.3 is 0 Å². The zero-order valence-corrected chi connectivity index (χ0v) is 10.1. The standard InChI is InChI=1S/C12H13N3S/c1-8-3-4-11(10(13)5-8)16-12-14-6-9(2)7-15-12/h3-7H,13H2,1-2H3. The molecule has 0 fully saturated rings. The first-order valence-electron chi connectivity index (χ1n) is 4.98. The van der Waals surface area contributed by atoms with Crippen LogP contribution in [0.1, 0.15) is 11.1 Å². The summed E-state index contributed by atoms with van der Waals surface area (Å²) in [4.78, 5) is 9.46. The number of aryl methyl sites for hydroxylation is 2. The van der Waals surface area contributed by atoms with Crippen LogP contribution in [0.2, 0.25) is 0 Å². The van der Waals surface area contributed by atoms with Gasteiger partial charge in [-0.05, 0) is 48.9 Å². The topological polar surface area (TPSA) is 51.8 Å². The molecule has 0 atom stereocenters. The molecule has 0 saturated heterocycles. The number of anilines is 1. The van der Waals surface area contributed by atoms with E-state index in [2.05, 4.69) is 9.97 Å². The molecule has 0 amide bonds. The van der Waals surface area contributed by atoms with Gasteiger partial charge in [0.15, 0.2) is 5.16 Å². The maximum Gasteiger partial charge on any atom is 0.192 e. The molecule has 1 heterocycles. The summed E-state index contributed by atoms with van der Waals surface area (Å²) in [6, 6.07) is 5.99. The van der Waals surface area contributed by atoms with Gasteiger partial charge in [-0.1, -0.05) is 6.07 Å². The highest BCUT2D eigenvalue weighted by molar-refractivity contribution is 7.99. The molecule has 2 N–H and O–H groups in total. The second kappa shape index (κ2) is 4.53. The second-order valence-corrected chi connectivity index (χ2v) is 4.70. The van der Waals surface area contributed by atoms with Crippen LogP contribution in [0.5, 0.6) is 0 Å². The van der Waals surface area contributed by atoms with Crippen molar-refractivity contribution in [2.75, 3.05) is 5.73 Å². The zero-order chi connectivity index (χ0) is 11.5. The highest BCUT2D eigenvalue weighted by Gasteiger charge is 2.03. The monoisotopic (exact) mass is 231 g/mol. The number of hydrogen-bond acceptors (Lipinski definition) is 4. The minimum Gasteiger partial charge on any atom is -0.398 e. The molecule has 1 aromatic heterocycles. The minimum absolute atomic E-state index is 0.723. The summed E-state index contributed by atoms with van der Waals surface area (Å²) < 4.78 is 0. The number of rotatable bonds is 2. The zero-order valence-electron chi connectivity index (χ0n) is 9.27. The Kier molecular flexibility index (Phi) is 3.10. The van der Waals surface area contributed by atoms with E-state index in [1.54, 1.807) is 12.4 Å². The smallest absolute Gasteiger partial charge is 0.192 e. The lowest BCUT2D eigenvalue weighted by molar-refractivity contribution is 0.950. The maximum absolute atomic E-state index is 5.92. The van der Waals surface area contributed by atoms with Gasteiger partial charge in [0.05, 0.1) is 0 Å². The minimum atomic E-state index is 0.723. The highest BCUT2D eigenvalue weighted by atomic mass is 32.2.